The number of carbonyl (C=O) groups excluding carboxylic acids is 2. The number of phosphoric ester groups is 1. The van der Waals surface area contributed by atoms with Gasteiger partial charge in [-0.25, -0.2) is 4.57 Å². The molecule has 0 amide bonds. The quantitative estimate of drug-likeness (QED) is 0.0155. The van der Waals surface area contributed by atoms with E-state index in [0.717, 1.165) is 38.5 Å². The summed E-state index contributed by atoms with van der Waals surface area (Å²) in [7, 11) is -4.33. The number of rotatable bonds is 37. The standard InChI is InChI=1S/C43H78NO10P/c1-3-5-7-8-9-10-11-12-13-14-15-16-17-18-21-25-32-51-38(36-54-55(49,50)53-33-31-44)35-52-43(48)28-24-20-19-23-27-39-40(42(47)34-41(39)46)30-29-37(45)26-22-6-4-2/h19,23,25,29-30,32,37-41,45-46H,3-18,20-22,24,26-28,31,33-36,44H2,1-2H3,(H,49,50)/b23-19-,30-29+,32-25+/t37-,38+,39+,40+,41-/m0/s1. The molecule has 1 unspecified atom stereocenters. The molecule has 6 atom stereocenters. The van der Waals surface area contributed by atoms with Crippen LogP contribution >= 0.6 is 7.82 Å². The Kier molecular flexibility index (Phi) is 31.8. The third kappa shape index (κ3) is 28.2. The number of aliphatic hydroxyl groups is 2. The minimum Gasteiger partial charge on any atom is -0.492 e. The van der Waals surface area contributed by atoms with Crippen molar-refractivity contribution in [3.63, 3.8) is 0 Å². The number of esters is 1. The van der Waals surface area contributed by atoms with Crippen LogP contribution in [-0.2, 0) is 32.7 Å². The van der Waals surface area contributed by atoms with Crippen LogP contribution in [0.3, 0.4) is 0 Å². The van der Waals surface area contributed by atoms with Crippen molar-refractivity contribution in [3.05, 3.63) is 36.6 Å². The van der Waals surface area contributed by atoms with Crippen molar-refractivity contribution in [2.24, 2.45) is 17.6 Å². The van der Waals surface area contributed by atoms with E-state index < -0.39 is 38.0 Å². The van der Waals surface area contributed by atoms with Gasteiger partial charge in [0.25, 0.3) is 0 Å². The van der Waals surface area contributed by atoms with Gasteiger partial charge in [-0.05, 0) is 44.6 Å². The van der Waals surface area contributed by atoms with Crippen molar-refractivity contribution in [2.45, 2.75) is 186 Å². The average molecular weight is 800 g/mol. The molecule has 0 spiro atoms. The normalized spacial score (nSPS) is 19.8. The summed E-state index contributed by atoms with van der Waals surface area (Å²) >= 11 is 0. The van der Waals surface area contributed by atoms with E-state index in [1.807, 2.05) is 18.2 Å². The third-order valence-electron chi connectivity index (χ3n) is 10.0. The van der Waals surface area contributed by atoms with Crippen LogP contribution in [0.2, 0.25) is 0 Å². The first kappa shape index (κ1) is 51.2. The van der Waals surface area contributed by atoms with Crippen molar-refractivity contribution in [3.8, 4) is 0 Å². The second kappa shape index (κ2) is 34.2. The van der Waals surface area contributed by atoms with Crippen LogP contribution in [-0.4, -0.2) is 71.5 Å². The van der Waals surface area contributed by atoms with E-state index in [2.05, 4.69) is 13.8 Å². The highest BCUT2D eigenvalue weighted by Crippen LogP contribution is 2.43. The largest absolute Gasteiger partial charge is 0.492 e. The molecular weight excluding hydrogens is 721 g/mol. The maximum atomic E-state index is 12.5. The van der Waals surface area contributed by atoms with Gasteiger partial charge in [-0.2, -0.15) is 0 Å². The SMILES string of the molecule is CCCCCCCCCCCCCCCC/C=C/O[C@H](COC(=O)CCC/C=C\C[C@H]1[C@@H](O)CC(=O)[C@@H]1/C=C/[C@@H](O)CCCCC)COP(=O)(O)OCCN. The minimum absolute atomic E-state index is 0.0104. The maximum Gasteiger partial charge on any atom is 0.472 e. The second-order valence-corrected chi connectivity index (χ2v) is 16.5. The minimum atomic E-state index is -4.33. The Morgan fingerprint density at radius 1 is 0.836 bits per heavy atom. The van der Waals surface area contributed by atoms with Gasteiger partial charge < -0.3 is 30.3 Å². The summed E-state index contributed by atoms with van der Waals surface area (Å²) in [6.07, 6.45) is 33.4. The van der Waals surface area contributed by atoms with Gasteiger partial charge in [0.15, 0.2) is 6.10 Å². The lowest BCUT2D eigenvalue weighted by molar-refractivity contribution is -0.147. The van der Waals surface area contributed by atoms with Crippen LogP contribution in [0.1, 0.15) is 168 Å². The summed E-state index contributed by atoms with van der Waals surface area (Å²) in [4.78, 5) is 34.9. The fourth-order valence-electron chi connectivity index (χ4n) is 6.67. The molecule has 12 heteroatoms. The Balaban J connectivity index is 2.38. The number of hydrogen-bond acceptors (Lipinski definition) is 10. The van der Waals surface area contributed by atoms with Crippen molar-refractivity contribution in [1.29, 1.82) is 0 Å². The first-order chi connectivity index (χ1) is 26.6. The molecule has 0 saturated heterocycles. The molecule has 55 heavy (non-hydrogen) atoms. The summed E-state index contributed by atoms with van der Waals surface area (Å²) in [6, 6.07) is 0. The van der Waals surface area contributed by atoms with E-state index in [0.29, 0.717) is 25.7 Å². The van der Waals surface area contributed by atoms with Crippen molar-refractivity contribution in [1.82, 2.24) is 0 Å². The molecule has 0 aliphatic heterocycles. The number of unbranched alkanes of at least 4 members (excludes halogenated alkanes) is 17. The van der Waals surface area contributed by atoms with Crippen molar-refractivity contribution in [2.75, 3.05) is 26.4 Å². The zero-order valence-electron chi connectivity index (χ0n) is 34.4. The Labute approximate surface area is 333 Å². The Morgan fingerprint density at radius 3 is 2.07 bits per heavy atom. The molecule has 0 radical (unpaired) electrons. The molecule has 0 aromatic carbocycles. The molecule has 0 aromatic heterocycles. The molecule has 0 aromatic rings. The molecule has 320 valence electrons. The zero-order valence-corrected chi connectivity index (χ0v) is 35.3. The monoisotopic (exact) mass is 800 g/mol. The number of aliphatic hydroxyl groups excluding tert-OH is 2. The lowest BCUT2D eigenvalue weighted by atomic mass is 9.90. The fourth-order valence-corrected chi connectivity index (χ4v) is 7.43. The van der Waals surface area contributed by atoms with E-state index in [4.69, 9.17) is 24.3 Å². The molecule has 11 nitrogen and oxygen atoms in total. The van der Waals surface area contributed by atoms with Crippen LogP contribution in [0.4, 0.5) is 0 Å². The summed E-state index contributed by atoms with van der Waals surface area (Å²) in [5.74, 6) is -1.10. The Bertz CT molecular complexity index is 1100. The van der Waals surface area contributed by atoms with Crippen LogP contribution in [0.5, 0.6) is 0 Å². The van der Waals surface area contributed by atoms with Gasteiger partial charge >= 0.3 is 13.8 Å². The highest BCUT2D eigenvalue weighted by atomic mass is 31.2. The van der Waals surface area contributed by atoms with Gasteiger partial charge in [-0.15, -0.1) is 0 Å². The lowest BCUT2D eigenvalue weighted by Gasteiger charge is -2.19. The number of ether oxygens (including phenoxy) is 2. The molecule has 5 N–H and O–H groups in total. The highest BCUT2D eigenvalue weighted by molar-refractivity contribution is 7.47. The van der Waals surface area contributed by atoms with E-state index in [1.165, 1.54) is 83.3 Å². The fraction of sp³-hybridized carbons (Fsp3) is 0.814. The van der Waals surface area contributed by atoms with Gasteiger partial charge in [-0.3, -0.25) is 18.6 Å². The maximum absolute atomic E-state index is 12.5. The van der Waals surface area contributed by atoms with E-state index >= 15 is 0 Å². The number of nitrogens with two attached hydrogens (primary N) is 1. The predicted octanol–water partition coefficient (Wildman–Crippen LogP) is 9.57. The number of phosphoric acid groups is 1. The van der Waals surface area contributed by atoms with E-state index in [1.54, 1.807) is 12.2 Å². The summed E-state index contributed by atoms with van der Waals surface area (Å²) < 4.78 is 33.1. The molecule has 1 fully saturated rings. The number of carbonyl (C=O) groups is 2. The zero-order chi connectivity index (χ0) is 40.4. The predicted molar refractivity (Wildman–Crippen MR) is 220 cm³/mol. The molecule has 1 aliphatic rings. The molecular formula is C43H78NO10P. The number of allylic oxidation sites excluding steroid dienone is 4. The van der Waals surface area contributed by atoms with Gasteiger partial charge in [0.05, 0.1) is 31.7 Å². The number of Topliss-reactive ketones (excluding diaryl/α,β-unsaturated/α-hetero) is 1. The Hall–Kier alpha value is -1.85. The Morgan fingerprint density at radius 2 is 1.44 bits per heavy atom. The molecule has 1 saturated carbocycles. The second-order valence-electron chi connectivity index (χ2n) is 15.1. The van der Waals surface area contributed by atoms with Crippen molar-refractivity contribution < 1.29 is 47.8 Å². The first-order valence-electron chi connectivity index (χ1n) is 21.6. The molecule has 1 rings (SSSR count). The van der Waals surface area contributed by atoms with Gasteiger partial charge in [-0.1, -0.05) is 141 Å². The van der Waals surface area contributed by atoms with Crippen LogP contribution in [0, 0.1) is 11.8 Å². The number of hydrogen-bond donors (Lipinski definition) is 4. The van der Waals surface area contributed by atoms with Crippen LogP contribution in [0.25, 0.3) is 0 Å². The molecule has 1 aliphatic carbocycles. The van der Waals surface area contributed by atoms with Gasteiger partial charge in [0, 0.05) is 31.2 Å². The lowest BCUT2D eigenvalue weighted by Crippen LogP contribution is -2.25. The van der Waals surface area contributed by atoms with Crippen molar-refractivity contribution >= 4 is 19.6 Å². The first-order valence-corrected chi connectivity index (χ1v) is 23.1. The summed E-state index contributed by atoms with van der Waals surface area (Å²) in [6.45, 7) is 3.81. The smallest absolute Gasteiger partial charge is 0.472 e. The summed E-state index contributed by atoms with van der Waals surface area (Å²) in [5.41, 5.74) is 5.36. The highest BCUT2D eigenvalue weighted by Gasteiger charge is 2.39. The number of ketones is 1. The van der Waals surface area contributed by atoms with Crippen LogP contribution < -0.4 is 5.73 Å². The van der Waals surface area contributed by atoms with Gasteiger partial charge in [0.2, 0.25) is 0 Å². The van der Waals surface area contributed by atoms with E-state index in [9.17, 15) is 29.3 Å². The molecule has 0 bridgehead atoms. The van der Waals surface area contributed by atoms with E-state index in [-0.39, 0.29) is 50.9 Å². The van der Waals surface area contributed by atoms with Crippen LogP contribution in [0.15, 0.2) is 36.6 Å². The van der Waals surface area contributed by atoms with Gasteiger partial charge in [0.1, 0.15) is 12.4 Å². The average Bonchev–Trinajstić information content (AvgIpc) is 3.43. The third-order valence-corrected chi connectivity index (χ3v) is 11.0. The topological polar surface area (TPSA) is 175 Å². The summed E-state index contributed by atoms with van der Waals surface area (Å²) in [5, 5.41) is 20.7. The molecule has 0 heterocycles.